The van der Waals surface area contributed by atoms with Crippen molar-refractivity contribution in [2.24, 2.45) is 0 Å². The number of nitrogens with zero attached hydrogens (tertiary/aromatic N) is 2. The fourth-order valence-corrected chi connectivity index (χ4v) is 5.27. The quantitative estimate of drug-likeness (QED) is 0.492. The highest BCUT2D eigenvalue weighted by Crippen LogP contribution is 2.31. The number of thioether (sulfide) groups is 2. The van der Waals surface area contributed by atoms with E-state index < -0.39 is 0 Å². The predicted octanol–water partition coefficient (Wildman–Crippen LogP) is 4.27. The molecule has 1 aromatic heterocycles. The maximum Gasteiger partial charge on any atom is 0.233 e. The van der Waals surface area contributed by atoms with Crippen molar-refractivity contribution in [2.45, 2.75) is 47.0 Å². The largest absolute Gasteiger partial charge is 0.355 e. The van der Waals surface area contributed by atoms with Crippen LogP contribution in [0.3, 0.4) is 0 Å². The lowest BCUT2D eigenvalue weighted by atomic mass is 10.1. The molecule has 1 N–H and O–H groups in total. The van der Waals surface area contributed by atoms with Gasteiger partial charge in [0.25, 0.3) is 0 Å². The maximum atomic E-state index is 12.2. The van der Waals surface area contributed by atoms with Crippen LogP contribution in [0.15, 0.2) is 39.0 Å². The summed E-state index contributed by atoms with van der Waals surface area (Å²) in [6.45, 7) is 4.75. The normalized spacial score (nSPS) is 12.1. The third kappa shape index (κ3) is 6.83. The second-order valence-electron chi connectivity index (χ2n) is 5.32. The Morgan fingerprint density at radius 3 is 2.75 bits per heavy atom. The molecule has 0 aliphatic carbocycles. The first-order valence-electron chi connectivity index (χ1n) is 8.13. The van der Waals surface area contributed by atoms with Crippen molar-refractivity contribution in [3.63, 3.8) is 0 Å². The number of hydrogen-bond donors (Lipinski definition) is 1. The van der Waals surface area contributed by atoms with Crippen LogP contribution in [0.25, 0.3) is 0 Å². The summed E-state index contributed by atoms with van der Waals surface area (Å²) in [5, 5.41) is 11.2. The number of unbranched alkanes of at least 4 members (excludes halogenated alkanes) is 1. The molecule has 0 fully saturated rings. The highest BCUT2D eigenvalue weighted by Gasteiger charge is 2.16. The Bertz CT molecular complexity index is 619. The number of amides is 1. The van der Waals surface area contributed by atoms with Crippen LogP contribution in [0.4, 0.5) is 0 Å². The zero-order valence-corrected chi connectivity index (χ0v) is 16.5. The Labute approximate surface area is 156 Å². The van der Waals surface area contributed by atoms with Crippen LogP contribution >= 0.6 is 34.9 Å². The van der Waals surface area contributed by atoms with Gasteiger partial charge in [-0.1, -0.05) is 78.5 Å². The molecule has 0 bridgehead atoms. The number of benzene rings is 1. The minimum absolute atomic E-state index is 0.0475. The SMILES string of the molecule is CCCCSc1nnc(SC(C)C(=O)NCCc2ccccc2)s1. The second-order valence-corrected chi connectivity index (χ2v) is 9.23. The van der Waals surface area contributed by atoms with Gasteiger partial charge in [-0.25, -0.2) is 0 Å². The van der Waals surface area contributed by atoms with Crippen molar-refractivity contribution in [3.8, 4) is 0 Å². The average Bonchev–Trinajstić information content (AvgIpc) is 3.03. The topological polar surface area (TPSA) is 54.9 Å². The number of hydrogen-bond acceptors (Lipinski definition) is 6. The van der Waals surface area contributed by atoms with Crippen LogP contribution < -0.4 is 5.32 Å². The van der Waals surface area contributed by atoms with E-state index in [1.807, 2.05) is 25.1 Å². The molecule has 1 unspecified atom stereocenters. The van der Waals surface area contributed by atoms with Crippen LogP contribution in [0.5, 0.6) is 0 Å². The Morgan fingerprint density at radius 2 is 2.00 bits per heavy atom. The molecule has 0 radical (unpaired) electrons. The van der Waals surface area contributed by atoms with Gasteiger partial charge in [-0.05, 0) is 25.3 Å². The summed E-state index contributed by atoms with van der Waals surface area (Å²) in [5.74, 6) is 1.12. The molecule has 2 aromatic rings. The molecule has 1 amide bonds. The van der Waals surface area contributed by atoms with Crippen molar-refractivity contribution in [3.05, 3.63) is 35.9 Å². The van der Waals surface area contributed by atoms with Crippen LogP contribution in [0.1, 0.15) is 32.3 Å². The van der Waals surface area contributed by atoms with Crippen molar-refractivity contribution < 1.29 is 4.79 Å². The van der Waals surface area contributed by atoms with E-state index in [1.165, 1.54) is 30.2 Å². The number of nitrogens with one attached hydrogen (secondary N) is 1. The molecule has 1 atom stereocenters. The van der Waals surface area contributed by atoms with E-state index in [1.54, 1.807) is 23.1 Å². The summed E-state index contributed by atoms with van der Waals surface area (Å²) in [6.07, 6.45) is 3.22. The molecule has 7 heteroatoms. The molecule has 1 aromatic carbocycles. The first kappa shape index (κ1) is 19.3. The highest BCUT2D eigenvalue weighted by molar-refractivity contribution is 8.03. The molecule has 2 rings (SSSR count). The molecular formula is C17H23N3OS3. The summed E-state index contributed by atoms with van der Waals surface area (Å²) < 4.78 is 1.85. The van der Waals surface area contributed by atoms with E-state index in [9.17, 15) is 4.79 Å². The van der Waals surface area contributed by atoms with E-state index in [0.29, 0.717) is 6.54 Å². The summed E-state index contributed by atoms with van der Waals surface area (Å²) in [6, 6.07) is 10.2. The molecule has 0 aliphatic heterocycles. The van der Waals surface area contributed by atoms with E-state index in [4.69, 9.17) is 0 Å². The Morgan fingerprint density at radius 1 is 1.25 bits per heavy atom. The Balaban J connectivity index is 1.71. The summed E-state index contributed by atoms with van der Waals surface area (Å²) in [7, 11) is 0. The summed E-state index contributed by atoms with van der Waals surface area (Å²) in [5.41, 5.74) is 1.23. The fraction of sp³-hybridized carbons (Fsp3) is 0.471. The molecule has 0 saturated heterocycles. The van der Waals surface area contributed by atoms with Gasteiger partial charge in [-0.2, -0.15) is 0 Å². The van der Waals surface area contributed by atoms with Crippen molar-refractivity contribution in [2.75, 3.05) is 12.3 Å². The smallest absolute Gasteiger partial charge is 0.233 e. The second kappa shape index (κ2) is 10.7. The van der Waals surface area contributed by atoms with Crippen molar-refractivity contribution in [1.29, 1.82) is 0 Å². The fourth-order valence-electron chi connectivity index (χ4n) is 1.93. The maximum absolute atomic E-state index is 12.2. The third-order valence-electron chi connectivity index (χ3n) is 3.31. The minimum atomic E-state index is -0.165. The number of carbonyl (C=O) groups excluding carboxylic acids is 1. The average molecular weight is 382 g/mol. The van der Waals surface area contributed by atoms with Crippen molar-refractivity contribution in [1.82, 2.24) is 15.5 Å². The zero-order chi connectivity index (χ0) is 17.2. The van der Waals surface area contributed by atoms with Crippen LogP contribution in [-0.4, -0.2) is 33.7 Å². The molecule has 0 aliphatic rings. The number of aromatic nitrogens is 2. The molecular weight excluding hydrogens is 358 g/mol. The highest BCUT2D eigenvalue weighted by atomic mass is 32.2. The van der Waals surface area contributed by atoms with Gasteiger partial charge in [0.15, 0.2) is 8.68 Å². The molecule has 1 heterocycles. The van der Waals surface area contributed by atoms with Gasteiger partial charge in [-0.3, -0.25) is 4.79 Å². The molecule has 0 spiro atoms. The Hall–Kier alpha value is -1.05. The van der Waals surface area contributed by atoms with Gasteiger partial charge in [0.05, 0.1) is 5.25 Å². The molecule has 4 nitrogen and oxygen atoms in total. The van der Waals surface area contributed by atoms with Gasteiger partial charge < -0.3 is 5.32 Å². The first-order chi connectivity index (χ1) is 11.7. The molecule has 24 heavy (non-hydrogen) atoms. The lowest BCUT2D eigenvalue weighted by molar-refractivity contribution is -0.120. The van der Waals surface area contributed by atoms with Crippen LogP contribution in [0.2, 0.25) is 0 Å². The van der Waals surface area contributed by atoms with Gasteiger partial charge in [-0.15, -0.1) is 10.2 Å². The molecule has 0 saturated carbocycles. The van der Waals surface area contributed by atoms with E-state index >= 15 is 0 Å². The van der Waals surface area contributed by atoms with Crippen LogP contribution in [-0.2, 0) is 11.2 Å². The van der Waals surface area contributed by atoms with Crippen molar-refractivity contribution >= 4 is 40.8 Å². The number of carbonyl (C=O) groups is 1. The Kier molecular flexibility index (Phi) is 8.63. The van der Waals surface area contributed by atoms with Gasteiger partial charge in [0.2, 0.25) is 5.91 Å². The van der Waals surface area contributed by atoms with Gasteiger partial charge in [0.1, 0.15) is 0 Å². The lowest BCUT2D eigenvalue weighted by Gasteiger charge is -2.10. The lowest BCUT2D eigenvalue weighted by Crippen LogP contribution is -2.32. The van der Waals surface area contributed by atoms with E-state index in [0.717, 1.165) is 20.9 Å². The minimum Gasteiger partial charge on any atom is -0.355 e. The number of rotatable bonds is 10. The third-order valence-corrected chi connectivity index (χ3v) is 6.64. The van der Waals surface area contributed by atoms with Crippen LogP contribution in [0, 0.1) is 0 Å². The monoisotopic (exact) mass is 381 g/mol. The van der Waals surface area contributed by atoms with Gasteiger partial charge >= 0.3 is 0 Å². The van der Waals surface area contributed by atoms with E-state index in [-0.39, 0.29) is 11.2 Å². The summed E-state index contributed by atoms with van der Waals surface area (Å²) in [4.78, 5) is 12.2. The van der Waals surface area contributed by atoms with Gasteiger partial charge in [0, 0.05) is 12.3 Å². The standard InChI is InChI=1S/C17H23N3OS3/c1-3-4-12-22-16-19-20-17(24-16)23-13(2)15(21)18-11-10-14-8-6-5-7-9-14/h5-9,13H,3-4,10-12H2,1-2H3,(H,18,21). The van der Waals surface area contributed by atoms with E-state index in [2.05, 4.69) is 34.6 Å². The summed E-state index contributed by atoms with van der Waals surface area (Å²) >= 11 is 4.79. The first-order valence-corrected chi connectivity index (χ1v) is 10.8. The zero-order valence-electron chi connectivity index (χ0n) is 14.0. The molecule has 130 valence electrons. The predicted molar refractivity (Wildman–Crippen MR) is 104 cm³/mol.